The molecule has 0 N–H and O–H groups in total. The lowest BCUT2D eigenvalue weighted by Crippen LogP contribution is -1.94. The number of rotatable bonds is 4. The van der Waals surface area contributed by atoms with Crippen molar-refractivity contribution in [3.63, 3.8) is 0 Å². The number of aromatic nitrogens is 1. The zero-order chi connectivity index (χ0) is 35.3. The Hall–Kier alpha value is -7.16. The Morgan fingerprint density at radius 1 is 0.352 bits per heavy atom. The molecule has 0 unspecified atom stereocenters. The van der Waals surface area contributed by atoms with Crippen LogP contribution in [0.3, 0.4) is 0 Å². The summed E-state index contributed by atoms with van der Waals surface area (Å²) in [6.07, 6.45) is 0. The first kappa shape index (κ1) is 29.4. The van der Waals surface area contributed by atoms with Gasteiger partial charge in [-0.15, -0.1) is 0 Å². The molecule has 0 saturated heterocycles. The Morgan fingerprint density at radius 3 is 1.67 bits per heavy atom. The maximum Gasteiger partial charge on any atom is 0.160 e. The van der Waals surface area contributed by atoms with Crippen molar-refractivity contribution < 1.29 is 4.42 Å². The number of fused-ring (bicyclic) bond motifs is 7. The molecule has 0 aliphatic carbocycles. The fourth-order valence-electron chi connectivity index (χ4n) is 9.18. The van der Waals surface area contributed by atoms with Crippen molar-refractivity contribution in [1.29, 1.82) is 0 Å². The fourth-order valence-corrected chi connectivity index (χ4v) is 9.18. The second-order valence-corrected chi connectivity index (χ2v) is 14.4. The van der Waals surface area contributed by atoms with Crippen molar-refractivity contribution >= 4 is 76.1 Å². The molecule has 0 amide bonds. The molecule has 10 aromatic carbocycles. The average molecular weight is 686 g/mol. The lowest BCUT2D eigenvalue weighted by molar-refractivity contribution is 0.671. The van der Waals surface area contributed by atoms with Gasteiger partial charge in [0, 0.05) is 27.2 Å². The zero-order valence-electron chi connectivity index (χ0n) is 29.3. The number of benzene rings is 10. The van der Waals surface area contributed by atoms with Gasteiger partial charge in [-0.2, -0.15) is 0 Å². The first-order valence-electron chi connectivity index (χ1n) is 18.6. The normalized spacial score (nSPS) is 12.1. The Bertz CT molecular complexity index is 3420. The van der Waals surface area contributed by atoms with Crippen molar-refractivity contribution in [2.45, 2.75) is 0 Å². The monoisotopic (exact) mass is 685 g/mol. The highest BCUT2D eigenvalue weighted by molar-refractivity contribution is 6.28. The lowest BCUT2D eigenvalue weighted by atomic mass is 9.86. The van der Waals surface area contributed by atoms with Crippen LogP contribution in [0.1, 0.15) is 0 Å². The van der Waals surface area contributed by atoms with E-state index in [1.54, 1.807) is 0 Å². The average Bonchev–Trinajstić information content (AvgIpc) is 3.79. The van der Waals surface area contributed by atoms with Gasteiger partial charge in [-0.05, 0) is 102 Å². The van der Waals surface area contributed by atoms with Crippen LogP contribution in [-0.2, 0) is 0 Å². The molecule has 0 spiro atoms. The minimum Gasteiger partial charge on any atom is -0.454 e. The molecule has 12 rings (SSSR count). The summed E-state index contributed by atoms with van der Waals surface area (Å²) in [5, 5.41) is 12.4. The molecule has 0 radical (unpaired) electrons. The molecule has 12 aromatic rings. The molecule has 0 fully saturated rings. The summed E-state index contributed by atoms with van der Waals surface area (Å²) < 4.78 is 9.14. The van der Waals surface area contributed by atoms with Gasteiger partial charge in [-0.25, -0.2) is 0 Å². The van der Waals surface area contributed by atoms with Gasteiger partial charge < -0.3 is 8.98 Å². The Morgan fingerprint density at radius 2 is 0.926 bits per heavy atom. The highest BCUT2D eigenvalue weighted by atomic mass is 16.3. The molecule has 2 aromatic heterocycles. The van der Waals surface area contributed by atoms with E-state index >= 15 is 0 Å². The molecule has 0 atom stereocenters. The van der Waals surface area contributed by atoms with Crippen LogP contribution in [0.15, 0.2) is 192 Å². The van der Waals surface area contributed by atoms with Crippen LogP contribution < -0.4 is 0 Å². The molecule has 2 heteroatoms. The smallest absolute Gasteiger partial charge is 0.160 e. The predicted molar refractivity (Wildman–Crippen MR) is 228 cm³/mol. The van der Waals surface area contributed by atoms with E-state index in [1.165, 1.54) is 76.5 Å². The number of para-hydroxylation sites is 3. The maximum absolute atomic E-state index is 6.76. The molecular formula is C52H31NO. The quantitative estimate of drug-likeness (QED) is 0.169. The SMILES string of the molecule is c1ccc(-c2ccc3ccc4c(-c5cccc(-c6cc7c8ccccc8oc7c7c6c6ccccc6n7-c6ccccc6)c5)ccc5ccc2c3c54)cc1. The molecule has 0 aliphatic heterocycles. The molecule has 0 saturated carbocycles. The van der Waals surface area contributed by atoms with E-state index in [2.05, 4.69) is 193 Å². The minimum atomic E-state index is 0.897. The van der Waals surface area contributed by atoms with Crippen LogP contribution in [0.5, 0.6) is 0 Å². The third-order valence-corrected chi connectivity index (χ3v) is 11.5. The van der Waals surface area contributed by atoms with E-state index < -0.39 is 0 Å². The van der Waals surface area contributed by atoms with Gasteiger partial charge in [-0.1, -0.05) is 152 Å². The van der Waals surface area contributed by atoms with E-state index in [1.807, 2.05) is 0 Å². The maximum atomic E-state index is 6.76. The summed E-state index contributed by atoms with van der Waals surface area (Å²) in [5.74, 6) is 0. The zero-order valence-corrected chi connectivity index (χ0v) is 29.3. The van der Waals surface area contributed by atoms with Crippen LogP contribution in [0.25, 0.3) is 115 Å². The molecule has 2 nitrogen and oxygen atoms in total. The largest absolute Gasteiger partial charge is 0.454 e. The van der Waals surface area contributed by atoms with Crippen LogP contribution in [-0.4, -0.2) is 4.57 Å². The number of furan rings is 1. The Kier molecular flexibility index (Phi) is 6.09. The van der Waals surface area contributed by atoms with Gasteiger partial charge in [-0.3, -0.25) is 0 Å². The van der Waals surface area contributed by atoms with Crippen LogP contribution in [0.4, 0.5) is 0 Å². The number of nitrogens with zero attached hydrogens (tertiary/aromatic N) is 1. The Balaban J connectivity index is 1.14. The highest BCUT2D eigenvalue weighted by Crippen LogP contribution is 2.47. The van der Waals surface area contributed by atoms with Gasteiger partial charge in [0.05, 0.1) is 11.0 Å². The molecule has 0 aliphatic rings. The van der Waals surface area contributed by atoms with E-state index in [0.717, 1.165) is 38.7 Å². The standard InChI is InChI=1S/C52H31NO/c1-3-12-32(13-4-1)38-26-22-33-25-29-42-39(27-23-34-24-28-41(38)48(33)49(34)42)35-14-11-15-36(30-35)44-31-45-40-18-8-10-21-47(40)54-52(45)51-50(44)43-19-7-9-20-46(43)53(51)37-16-5-2-6-17-37/h1-31H. The van der Waals surface area contributed by atoms with E-state index in [4.69, 9.17) is 4.42 Å². The minimum absolute atomic E-state index is 0.897. The van der Waals surface area contributed by atoms with Gasteiger partial charge in [0.1, 0.15) is 5.58 Å². The van der Waals surface area contributed by atoms with E-state index in [9.17, 15) is 0 Å². The molecule has 54 heavy (non-hydrogen) atoms. The third-order valence-electron chi connectivity index (χ3n) is 11.5. The molecular weight excluding hydrogens is 655 g/mol. The fraction of sp³-hybridized carbons (Fsp3) is 0. The van der Waals surface area contributed by atoms with Crippen molar-refractivity contribution in [1.82, 2.24) is 4.57 Å². The number of hydrogen-bond donors (Lipinski definition) is 0. The first-order valence-corrected chi connectivity index (χ1v) is 18.6. The van der Waals surface area contributed by atoms with Crippen molar-refractivity contribution in [3.05, 3.63) is 188 Å². The lowest BCUT2D eigenvalue weighted by Gasteiger charge is -2.17. The van der Waals surface area contributed by atoms with Crippen LogP contribution in [0.2, 0.25) is 0 Å². The van der Waals surface area contributed by atoms with Crippen LogP contribution >= 0.6 is 0 Å². The van der Waals surface area contributed by atoms with Gasteiger partial charge >= 0.3 is 0 Å². The topological polar surface area (TPSA) is 18.1 Å². The number of hydrogen-bond acceptors (Lipinski definition) is 1. The van der Waals surface area contributed by atoms with Crippen LogP contribution in [0, 0.1) is 0 Å². The highest BCUT2D eigenvalue weighted by Gasteiger charge is 2.23. The summed E-state index contributed by atoms with van der Waals surface area (Å²) in [6.45, 7) is 0. The second-order valence-electron chi connectivity index (χ2n) is 14.4. The molecule has 2 heterocycles. The van der Waals surface area contributed by atoms with Crippen molar-refractivity contribution in [2.75, 3.05) is 0 Å². The summed E-state index contributed by atoms with van der Waals surface area (Å²) >= 11 is 0. The van der Waals surface area contributed by atoms with E-state index in [-0.39, 0.29) is 0 Å². The Labute approximate surface area is 311 Å². The summed E-state index contributed by atoms with van der Waals surface area (Å²) in [7, 11) is 0. The molecule has 0 bridgehead atoms. The van der Waals surface area contributed by atoms with E-state index in [0.29, 0.717) is 0 Å². The van der Waals surface area contributed by atoms with Gasteiger partial charge in [0.15, 0.2) is 5.58 Å². The summed E-state index contributed by atoms with van der Waals surface area (Å²) in [4.78, 5) is 0. The first-order chi connectivity index (χ1) is 26.8. The summed E-state index contributed by atoms with van der Waals surface area (Å²) in [5.41, 5.74) is 12.5. The van der Waals surface area contributed by atoms with Gasteiger partial charge in [0.2, 0.25) is 0 Å². The van der Waals surface area contributed by atoms with Crippen molar-refractivity contribution in [3.8, 4) is 39.1 Å². The van der Waals surface area contributed by atoms with Gasteiger partial charge in [0.25, 0.3) is 0 Å². The predicted octanol–water partition coefficient (Wildman–Crippen LogP) is 14.6. The molecule has 250 valence electrons. The second kappa shape index (κ2) is 11.2. The summed E-state index contributed by atoms with van der Waals surface area (Å²) in [6, 6.07) is 68.5. The van der Waals surface area contributed by atoms with Crippen molar-refractivity contribution in [2.24, 2.45) is 0 Å². The third kappa shape index (κ3) is 4.11.